The van der Waals surface area contributed by atoms with Crippen molar-refractivity contribution in [2.45, 2.75) is 106 Å². The first-order valence-electron chi connectivity index (χ1n) is 12.0. The van der Waals surface area contributed by atoms with Gasteiger partial charge in [-0.15, -0.1) is 0 Å². The summed E-state index contributed by atoms with van der Waals surface area (Å²) >= 11 is 0. The predicted molar refractivity (Wildman–Crippen MR) is 117 cm³/mol. The molecule has 0 spiro atoms. The van der Waals surface area contributed by atoms with Gasteiger partial charge in [-0.3, -0.25) is 4.79 Å². The summed E-state index contributed by atoms with van der Waals surface area (Å²) in [4.78, 5) is 11.1. The summed E-state index contributed by atoms with van der Waals surface area (Å²) in [5.41, 5.74) is 0. The zero-order valence-corrected chi connectivity index (χ0v) is 19.9. The molecule has 10 atom stereocenters. The fourth-order valence-electron chi connectivity index (χ4n) is 4.05. The number of ether oxygens (including phenoxy) is 5. The van der Waals surface area contributed by atoms with Crippen molar-refractivity contribution in [1.29, 1.82) is 0 Å². The van der Waals surface area contributed by atoms with Gasteiger partial charge in [0.2, 0.25) is 0 Å². The highest BCUT2D eigenvalue weighted by atomic mass is 16.8. The normalized spacial score (nSPS) is 37.8. The summed E-state index contributed by atoms with van der Waals surface area (Å²) in [7, 11) is 1.36. The number of rotatable bonds is 14. The summed E-state index contributed by atoms with van der Waals surface area (Å²) in [5, 5.41) is 69.8. The molecule has 206 valence electrons. The van der Waals surface area contributed by atoms with Crippen LogP contribution in [0.25, 0.3) is 0 Å². The fraction of sp³-hybridized carbons (Fsp3) is 0.955. The molecule has 2 heterocycles. The Morgan fingerprint density at radius 2 is 1.26 bits per heavy atom. The summed E-state index contributed by atoms with van der Waals surface area (Å²) in [5.74, 6) is -0.222. The molecule has 0 bridgehead atoms. The first-order valence-corrected chi connectivity index (χ1v) is 12.0. The lowest BCUT2D eigenvalue weighted by atomic mass is 9.97. The van der Waals surface area contributed by atoms with E-state index in [1.165, 1.54) is 7.11 Å². The van der Waals surface area contributed by atoms with Crippen LogP contribution in [0, 0.1) is 0 Å². The smallest absolute Gasteiger partial charge is 0.305 e. The summed E-state index contributed by atoms with van der Waals surface area (Å²) in [6.45, 7) is -1.04. The first-order chi connectivity index (χ1) is 16.7. The number of aliphatic hydroxyl groups is 7. The molecule has 0 aromatic rings. The van der Waals surface area contributed by atoms with Gasteiger partial charge < -0.3 is 59.4 Å². The fourth-order valence-corrected chi connectivity index (χ4v) is 4.05. The minimum Gasteiger partial charge on any atom is -0.469 e. The molecule has 0 aromatic carbocycles. The van der Waals surface area contributed by atoms with E-state index >= 15 is 0 Å². The molecule has 0 radical (unpaired) electrons. The van der Waals surface area contributed by atoms with Gasteiger partial charge in [0.15, 0.2) is 12.6 Å². The van der Waals surface area contributed by atoms with E-state index < -0.39 is 74.6 Å². The lowest BCUT2D eigenvalue weighted by Gasteiger charge is -2.45. The maximum atomic E-state index is 11.1. The van der Waals surface area contributed by atoms with Gasteiger partial charge in [-0.25, -0.2) is 0 Å². The standard InChI is InChI=1S/C22H40O13/c1-31-14(25)8-6-4-2-3-5-7-9-32-22-20(18(29)16(27)13(11-24)34-22)35-21-19(30)17(28)15(26)12(10-23)33-21/h12-13,15-24,26-30H,2-11H2,1H3. The third kappa shape index (κ3) is 8.54. The minimum atomic E-state index is -1.72. The lowest BCUT2D eigenvalue weighted by molar-refractivity contribution is -0.367. The SMILES string of the molecule is COC(=O)CCCCCCCCOC1OC(CO)C(O)C(O)C1OC1OC(CO)C(O)C(O)C1O. The van der Waals surface area contributed by atoms with Crippen molar-refractivity contribution in [3.05, 3.63) is 0 Å². The number of hydrogen-bond acceptors (Lipinski definition) is 13. The molecular weight excluding hydrogens is 472 g/mol. The second-order valence-electron chi connectivity index (χ2n) is 8.82. The van der Waals surface area contributed by atoms with Crippen molar-refractivity contribution in [2.75, 3.05) is 26.9 Å². The molecule has 0 aliphatic carbocycles. The number of aliphatic hydroxyl groups excluding tert-OH is 7. The Balaban J connectivity index is 1.86. The molecule has 2 saturated heterocycles. The molecule has 35 heavy (non-hydrogen) atoms. The maximum absolute atomic E-state index is 11.1. The van der Waals surface area contributed by atoms with Crippen molar-refractivity contribution in [2.24, 2.45) is 0 Å². The Morgan fingerprint density at radius 1 is 0.714 bits per heavy atom. The van der Waals surface area contributed by atoms with E-state index in [9.17, 15) is 40.5 Å². The second kappa shape index (κ2) is 15.3. The Kier molecular flexibility index (Phi) is 13.2. The van der Waals surface area contributed by atoms with E-state index in [1.807, 2.05) is 0 Å². The molecule has 10 unspecified atom stereocenters. The largest absolute Gasteiger partial charge is 0.469 e. The van der Waals surface area contributed by atoms with Gasteiger partial charge in [0.1, 0.15) is 48.8 Å². The molecule has 2 rings (SSSR count). The van der Waals surface area contributed by atoms with Crippen LogP contribution in [0.3, 0.4) is 0 Å². The molecule has 0 saturated carbocycles. The monoisotopic (exact) mass is 512 g/mol. The van der Waals surface area contributed by atoms with Gasteiger partial charge in [0.25, 0.3) is 0 Å². The van der Waals surface area contributed by atoms with Crippen LogP contribution < -0.4 is 0 Å². The van der Waals surface area contributed by atoms with Crippen molar-refractivity contribution in [3.63, 3.8) is 0 Å². The quantitative estimate of drug-likeness (QED) is 0.0953. The highest BCUT2D eigenvalue weighted by Gasteiger charge is 2.50. The molecule has 0 amide bonds. The van der Waals surface area contributed by atoms with Crippen LogP contribution in [0.1, 0.15) is 44.9 Å². The third-order valence-corrected chi connectivity index (χ3v) is 6.25. The average Bonchev–Trinajstić information content (AvgIpc) is 2.86. The molecule has 7 N–H and O–H groups in total. The topological polar surface area (TPSA) is 205 Å². The van der Waals surface area contributed by atoms with E-state index in [0.29, 0.717) is 12.8 Å². The third-order valence-electron chi connectivity index (χ3n) is 6.25. The molecule has 2 aliphatic rings. The van der Waals surface area contributed by atoms with Gasteiger partial charge in [0.05, 0.1) is 20.3 Å². The van der Waals surface area contributed by atoms with Crippen LogP contribution >= 0.6 is 0 Å². The molecule has 0 aromatic heterocycles. The number of carbonyl (C=O) groups is 1. The van der Waals surface area contributed by atoms with E-state index in [1.54, 1.807) is 0 Å². The van der Waals surface area contributed by atoms with Gasteiger partial charge >= 0.3 is 5.97 Å². The highest BCUT2D eigenvalue weighted by molar-refractivity contribution is 5.68. The van der Waals surface area contributed by atoms with Crippen LogP contribution in [0.4, 0.5) is 0 Å². The van der Waals surface area contributed by atoms with Gasteiger partial charge in [-0.2, -0.15) is 0 Å². The number of unbranched alkanes of at least 4 members (excludes halogenated alkanes) is 5. The molecular formula is C22H40O13. The Morgan fingerprint density at radius 3 is 1.86 bits per heavy atom. The van der Waals surface area contributed by atoms with Gasteiger partial charge in [0, 0.05) is 13.0 Å². The summed E-state index contributed by atoms with van der Waals surface area (Å²) < 4.78 is 26.8. The van der Waals surface area contributed by atoms with Gasteiger partial charge in [-0.1, -0.05) is 25.7 Å². The van der Waals surface area contributed by atoms with Gasteiger partial charge in [-0.05, 0) is 12.8 Å². The molecule has 13 nitrogen and oxygen atoms in total. The number of carbonyl (C=O) groups excluding carboxylic acids is 1. The second-order valence-corrected chi connectivity index (χ2v) is 8.82. The molecule has 2 aliphatic heterocycles. The number of esters is 1. The van der Waals surface area contributed by atoms with Crippen molar-refractivity contribution >= 4 is 5.97 Å². The zero-order chi connectivity index (χ0) is 26.0. The van der Waals surface area contributed by atoms with Crippen LogP contribution in [0.15, 0.2) is 0 Å². The van der Waals surface area contributed by atoms with Crippen LogP contribution in [0.5, 0.6) is 0 Å². The van der Waals surface area contributed by atoms with E-state index in [0.717, 1.165) is 32.1 Å². The summed E-state index contributed by atoms with van der Waals surface area (Å²) in [6.07, 6.45) is -9.24. The van der Waals surface area contributed by atoms with Crippen molar-refractivity contribution < 1.29 is 64.2 Å². The van der Waals surface area contributed by atoms with E-state index in [4.69, 9.17) is 18.9 Å². The number of hydrogen-bond donors (Lipinski definition) is 7. The average molecular weight is 513 g/mol. The Labute approximate surface area is 204 Å². The van der Waals surface area contributed by atoms with Crippen LogP contribution in [-0.2, 0) is 28.5 Å². The maximum Gasteiger partial charge on any atom is 0.305 e. The van der Waals surface area contributed by atoms with Crippen molar-refractivity contribution in [3.8, 4) is 0 Å². The number of methoxy groups -OCH3 is 1. The van der Waals surface area contributed by atoms with E-state index in [-0.39, 0.29) is 12.6 Å². The Hall–Kier alpha value is -0.970. The first kappa shape index (κ1) is 30.3. The molecule has 13 heteroatoms. The predicted octanol–water partition coefficient (Wildman–Crippen LogP) is -2.47. The van der Waals surface area contributed by atoms with Crippen LogP contribution in [-0.4, -0.2) is 130 Å². The highest BCUT2D eigenvalue weighted by Crippen LogP contribution is 2.29. The van der Waals surface area contributed by atoms with Crippen molar-refractivity contribution in [1.82, 2.24) is 0 Å². The lowest BCUT2D eigenvalue weighted by Crippen LogP contribution is -2.64. The zero-order valence-electron chi connectivity index (χ0n) is 19.9. The minimum absolute atomic E-state index is 0.211. The Bertz CT molecular complexity index is 606. The summed E-state index contributed by atoms with van der Waals surface area (Å²) in [6, 6.07) is 0. The van der Waals surface area contributed by atoms with E-state index in [2.05, 4.69) is 4.74 Å². The van der Waals surface area contributed by atoms with Crippen LogP contribution in [0.2, 0.25) is 0 Å². The molecule has 2 fully saturated rings.